The van der Waals surface area contributed by atoms with Gasteiger partial charge in [-0.3, -0.25) is 0 Å². The number of aromatic nitrogens is 3. The van der Waals surface area contributed by atoms with Gasteiger partial charge in [-0.1, -0.05) is 115 Å². The van der Waals surface area contributed by atoms with E-state index in [9.17, 15) is 4.79 Å². The van der Waals surface area contributed by atoms with Crippen LogP contribution < -0.4 is 18.9 Å². The van der Waals surface area contributed by atoms with Crippen LogP contribution in [-0.2, 0) is 32.8 Å². The minimum atomic E-state index is -0.938. The van der Waals surface area contributed by atoms with E-state index in [2.05, 4.69) is 10.3 Å². The molecule has 0 radical (unpaired) electrons. The summed E-state index contributed by atoms with van der Waals surface area (Å²) in [6, 6.07) is 40.8. The summed E-state index contributed by atoms with van der Waals surface area (Å²) in [4.78, 5) is 11.0. The molecule has 9 nitrogen and oxygen atoms in total. The maximum atomic E-state index is 11.0. The van der Waals surface area contributed by atoms with Crippen LogP contribution in [0.4, 0.5) is 0 Å². The summed E-state index contributed by atoms with van der Waals surface area (Å²) in [6.07, 6.45) is 8.10. The highest BCUT2D eigenvalue weighted by Gasteiger charge is 2.18. The Hall–Kier alpha value is -6.09. The molecule has 0 aliphatic rings. The molecule has 0 fully saturated rings. The molecule has 6 aromatic rings. The summed E-state index contributed by atoms with van der Waals surface area (Å²) in [5, 5.41) is 17.9. The van der Waals surface area contributed by atoms with Crippen molar-refractivity contribution in [2.75, 3.05) is 6.61 Å². The van der Waals surface area contributed by atoms with Crippen molar-refractivity contribution in [3.05, 3.63) is 167 Å². The SMILES string of the molecule is O=C(O)c1ccc(OCCCCCCCc2cn(Cc3cc(OCc4ccccc4)c(OCc4ccccc4)c(OCc4ccccc4)c3)nn2)cc1. The van der Waals surface area contributed by atoms with Crippen molar-refractivity contribution >= 4 is 5.97 Å². The Balaban J connectivity index is 1.07. The third-order valence-electron chi connectivity index (χ3n) is 8.66. The van der Waals surface area contributed by atoms with Crippen LogP contribution in [-0.4, -0.2) is 32.7 Å². The summed E-state index contributed by atoms with van der Waals surface area (Å²) in [6.45, 7) is 2.24. The molecule has 1 aromatic heterocycles. The molecule has 1 N–H and O–H groups in total. The van der Waals surface area contributed by atoms with E-state index in [4.69, 9.17) is 24.1 Å². The van der Waals surface area contributed by atoms with Gasteiger partial charge in [-0.15, -0.1) is 5.10 Å². The van der Waals surface area contributed by atoms with Gasteiger partial charge in [-0.2, -0.15) is 0 Å². The molecule has 6 rings (SSSR count). The first-order chi connectivity index (χ1) is 26.1. The molecule has 0 saturated heterocycles. The Kier molecular flexibility index (Phi) is 13.5. The molecule has 0 atom stereocenters. The first-order valence-electron chi connectivity index (χ1n) is 18.1. The van der Waals surface area contributed by atoms with Gasteiger partial charge in [0.15, 0.2) is 11.5 Å². The van der Waals surface area contributed by atoms with Crippen LogP contribution in [0.5, 0.6) is 23.0 Å². The molecule has 0 aliphatic heterocycles. The topological polar surface area (TPSA) is 105 Å². The summed E-state index contributed by atoms with van der Waals surface area (Å²) in [5.41, 5.74) is 5.33. The van der Waals surface area contributed by atoms with Crippen LogP contribution in [0, 0.1) is 0 Å². The fourth-order valence-corrected chi connectivity index (χ4v) is 5.82. The van der Waals surface area contributed by atoms with Crippen LogP contribution in [0.1, 0.15) is 70.4 Å². The van der Waals surface area contributed by atoms with E-state index >= 15 is 0 Å². The highest BCUT2D eigenvalue weighted by atomic mass is 16.5. The number of rotatable bonds is 21. The normalized spacial score (nSPS) is 10.9. The minimum absolute atomic E-state index is 0.257. The van der Waals surface area contributed by atoms with E-state index in [-0.39, 0.29) is 5.56 Å². The largest absolute Gasteiger partial charge is 0.494 e. The Bertz CT molecular complexity index is 1920. The molecule has 0 aliphatic carbocycles. The van der Waals surface area contributed by atoms with E-state index in [1.807, 2.05) is 114 Å². The predicted molar refractivity (Wildman–Crippen MR) is 204 cm³/mol. The predicted octanol–water partition coefficient (Wildman–Crippen LogP) is 9.33. The number of hydrogen-bond acceptors (Lipinski definition) is 7. The Morgan fingerprint density at radius 1 is 0.585 bits per heavy atom. The third kappa shape index (κ3) is 11.7. The first-order valence-corrected chi connectivity index (χ1v) is 18.1. The van der Waals surface area contributed by atoms with E-state index in [1.54, 1.807) is 24.3 Å². The highest BCUT2D eigenvalue weighted by molar-refractivity contribution is 5.87. The van der Waals surface area contributed by atoms with Gasteiger partial charge in [0, 0.05) is 6.20 Å². The van der Waals surface area contributed by atoms with Crippen molar-refractivity contribution in [1.29, 1.82) is 0 Å². The van der Waals surface area contributed by atoms with E-state index in [0.717, 1.165) is 66.5 Å². The molecule has 0 saturated carbocycles. The average Bonchev–Trinajstić information content (AvgIpc) is 3.64. The van der Waals surface area contributed by atoms with Crippen molar-refractivity contribution in [2.24, 2.45) is 0 Å². The second kappa shape index (κ2) is 19.5. The molecule has 9 heteroatoms. The number of nitrogens with zero attached hydrogens (tertiary/aromatic N) is 3. The lowest BCUT2D eigenvalue weighted by molar-refractivity contribution is 0.0697. The number of benzene rings is 5. The lowest BCUT2D eigenvalue weighted by Crippen LogP contribution is -2.07. The molecule has 0 spiro atoms. The zero-order chi connectivity index (χ0) is 36.5. The van der Waals surface area contributed by atoms with Crippen LogP contribution in [0.2, 0.25) is 0 Å². The molecule has 0 bridgehead atoms. The number of hydrogen-bond donors (Lipinski definition) is 1. The zero-order valence-corrected chi connectivity index (χ0v) is 29.8. The number of aromatic carboxylic acids is 1. The molecule has 272 valence electrons. The Labute approximate surface area is 310 Å². The average molecular weight is 712 g/mol. The van der Waals surface area contributed by atoms with Crippen LogP contribution >= 0.6 is 0 Å². The van der Waals surface area contributed by atoms with Crippen LogP contribution in [0.25, 0.3) is 0 Å². The second-order valence-electron chi connectivity index (χ2n) is 12.8. The van der Waals surface area contributed by atoms with Crippen molar-refractivity contribution in [3.8, 4) is 23.0 Å². The molecule has 1 heterocycles. The summed E-state index contributed by atoms with van der Waals surface area (Å²) >= 11 is 0. The molecule has 5 aromatic carbocycles. The highest BCUT2D eigenvalue weighted by Crippen LogP contribution is 2.40. The van der Waals surface area contributed by atoms with Gasteiger partial charge in [0.2, 0.25) is 5.75 Å². The standard InChI is InChI=1S/C44H45N3O6/c48-44(49)38-22-24-40(25-23-38)50-26-14-3-1-2-13-21-39-30-47(46-45-39)29-37-27-41(51-31-34-15-7-4-8-16-34)43(53-33-36-19-11-6-12-20-36)42(28-37)52-32-35-17-9-5-10-18-35/h4-12,15-20,22-25,27-28,30H,1-3,13-14,21,26,29,31-33H2,(H,48,49). The van der Waals surface area contributed by atoms with Crippen LogP contribution in [0.3, 0.4) is 0 Å². The number of ether oxygens (including phenoxy) is 4. The van der Waals surface area contributed by atoms with Gasteiger partial charge in [-0.05, 0) is 77.9 Å². The molecule has 53 heavy (non-hydrogen) atoms. The smallest absolute Gasteiger partial charge is 0.335 e. The quantitative estimate of drug-likeness (QED) is 0.0737. The van der Waals surface area contributed by atoms with E-state index in [1.165, 1.54) is 0 Å². The summed E-state index contributed by atoms with van der Waals surface area (Å²) in [5.74, 6) is 1.52. The van der Waals surface area contributed by atoms with Gasteiger partial charge in [-0.25, -0.2) is 9.48 Å². The molecule has 0 unspecified atom stereocenters. The van der Waals surface area contributed by atoms with Crippen LogP contribution in [0.15, 0.2) is 134 Å². The minimum Gasteiger partial charge on any atom is -0.494 e. The van der Waals surface area contributed by atoms with E-state index in [0.29, 0.717) is 56.0 Å². The monoisotopic (exact) mass is 711 g/mol. The second-order valence-corrected chi connectivity index (χ2v) is 12.8. The van der Waals surface area contributed by atoms with Gasteiger partial charge in [0.1, 0.15) is 25.6 Å². The van der Waals surface area contributed by atoms with Gasteiger partial charge >= 0.3 is 5.97 Å². The first kappa shape index (κ1) is 36.7. The number of unbranched alkanes of at least 4 members (excludes halogenated alkanes) is 4. The zero-order valence-electron chi connectivity index (χ0n) is 29.8. The number of aryl methyl sites for hydroxylation is 1. The number of carboxylic acids is 1. The van der Waals surface area contributed by atoms with Crippen molar-refractivity contribution in [3.63, 3.8) is 0 Å². The molecular weight excluding hydrogens is 666 g/mol. The lowest BCUT2D eigenvalue weighted by atomic mass is 10.1. The van der Waals surface area contributed by atoms with E-state index < -0.39 is 5.97 Å². The maximum Gasteiger partial charge on any atom is 0.335 e. The van der Waals surface area contributed by atoms with Crippen molar-refractivity contribution in [1.82, 2.24) is 15.0 Å². The summed E-state index contributed by atoms with van der Waals surface area (Å²) in [7, 11) is 0. The fraction of sp³-hybridized carbons (Fsp3) is 0.250. The number of carboxylic acid groups (broad SMARTS) is 1. The molecular formula is C44H45N3O6. The lowest BCUT2D eigenvalue weighted by Gasteiger charge is -2.19. The van der Waals surface area contributed by atoms with Crippen molar-refractivity contribution < 1.29 is 28.8 Å². The number of carbonyl (C=O) groups is 1. The fourth-order valence-electron chi connectivity index (χ4n) is 5.82. The van der Waals surface area contributed by atoms with Gasteiger partial charge in [0.05, 0.1) is 24.4 Å². The Morgan fingerprint density at radius 3 is 1.68 bits per heavy atom. The third-order valence-corrected chi connectivity index (χ3v) is 8.66. The Morgan fingerprint density at radius 2 is 1.11 bits per heavy atom. The van der Waals surface area contributed by atoms with Gasteiger partial charge < -0.3 is 24.1 Å². The maximum absolute atomic E-state index is 11.0. The van der Waals surface area contributed by atoms with Crippen molar-refractivity contribution in [2.45, 2.75) is 64.9 Å². The summed E-state index contributed by atoms with van der Waals surface area (Å²) < 4.78 is 26.9. The molecule has 0 amide bonds. The van der Waals surface area contributed by atoms with Gasteiger partial charge in [0.25, 0.3) is 0 Å².